The van der Waals surface area contributed by atoms with Crippen LogP contribution in [0.5, 0.6) is 0 Å². The first kappa shape index (κ1) is 50.6. The maximum Gasteiger partial charge on any atom is 1.00 e. The maximum absolute atomic E-state index is 12.7. The van der Waals surface area contributed by atoms with E-state index < -0.39 is 135 Å². The number of carbonyl (C=O) groups is 1. The Morgan fingerprint density at radius 1 is 0.494 bits per heavy atom. The van der Waals surface area contributed by atoms with Gasteiger partial charge in [0.1, 0.15) is 1.37 Å². The van der Waals surface area contributed by atoms with Gasteiger partial charge < -0.3 is 55.7 Å². The van der Waals surface area contributed by atoms with E-state index in [0.29, 0.717) is 18.3 Å². The second-order valence-electron chi connectivity index (χ2n) is 17.9. The summed E-state index contributed by atoms with van der Waals surface area (Å²) in [7, 11) is 5.34. The minimum atomic E-state index is -2.85. The van der Waals surface area contributed by atoms with Crippen LogP contribution in [0.4, 0.5) is 0 Å². The summed E-state index contributed by atoms with van der Waals surface area (Å²) in [5.41, 5.74) is -7.96. The number of hydrogen-bond donors (Lipinski definition) is 4. The van der Waals surface area contributed by atoms with Crippen LogP contribution in [-0.4, -0.2) is 131 Å². The second-order valence-corrected chi connectivity index (χ2v) is 17.9. The van der Waals surface area contributed by atoms with Gasteiger partial charge in [0.2, 0.25) is 0 Å². The summed E-state index contributed by atoms with van der Waals surface area (Å²) in [5, 5.41) is 46.5. The standard InChI is InChI=1S/4C13H20N4O3.CH2O3.2CH4.2K.H2O.H/c4*1-9(18)6-4-5-7-17-12(19)10-11(14-8-15(10)2)16(3)13(17)20;2-1-4-3;;;;;;/h4*8-9,18H,4-7H2,1-3H3;1,3H;2*1H4;;;1H2;/q;;;;;;;2*+1;;-1/p-1/t2*9-;;;;;;;;;/m10........./s1/i2*2D3,6D2,9D;2D3,6D2,8D,9D;2D3,6D2,9D;;;;;;;. The Hall–Kier alpha value is -4.90. The topological polar surface area (TPSA) is 409 Å². The van der Waals surface area contributed by atoms with Gasteiger partial charge in [-0.2, -0.15) is 0 Å². The molecule has 6 N–H and O–H groups in total. The molecule has 490 valence electrons. The van der Waals surface area contributed by atoms with E-state index in [4.69, 9.17) is 44.3 Å². The molecular formula is C55H92K2N16O16. The number of aryl methyl sites for hydroxylation is 8. The summed E-state index contributed by atoms with van der Waals surface area (Å²) in [6.45, 7) is -7.76. The molecule has 8 aromatic rings. The smallest absolute Gasteiger partial charge is 1.00 e. The summed E-state index contributed by atoms with van der Waals surface area (Å²) in [5.74, 6) is 0. The van der Waals surface area contributed by atoms with Gasteiger partial charge in [-0.05, 0) is 105 Å². The van der Waals surface area contributed by atoms with Crippen molar-refractivity contribution in [1.29, 1.82) is 0 Å². The number of rotatable bonds is 21. The van der Waals surface area contributed by atoms with Crippen molar-refractivity contribution in [2.24, 2.45) is 56.1 Å². The predicted molar refractivity (Wildman–Crippen MR) is 328 cm³/mol. The predicted octanol–water partition coefficient (Wildman–Crippen LogP) is -7.06. The molecule has 8 rings (SSSR count). The van der Waals surface area contributed by atoms with Gasteiger partial charge in [-0.15, -0.1) is 0 Å². The monoisotopic (exact) mass is 1340 g/mol. The number of nitrogens with zero attached hydrogens (tertiary/aromatic N) is 16. The normalized spacial score (nSPS) is 18.7. The third kappa shape index (κ3) is 22.4. The third-order valence-corrected chi connectivity index (χ3v) is 11.9. The van der Waals surface area contributed by atoms with E-state index >= 15 is 0 Å². The molecular weight excluding hydrogens is 1220 g/mol. The fourth-order valence-corrected chi connectivity index (χ4v) is 7.84. The molecule has 4 atom stereocenters. The van der Waals surface area contributed by atoms with Gasteiger partial charge in [0.25, 0.3) is 28.7 Å². The Morgan fingerprint density at radius 2 is 0.708 bits per heavy atom. The van der Waals surface area contributed by atoms with Crippen LogP contribution in [-0.2, 0) is 92.0 Å². The number of hydrogen-bond acceptors (Lipinski definition) is 19. The average molecular weight is 1340 g/mol. The van der Waals surface area contributed by atoms with Crippen LogP contribution in [0.1, 0.15) is 155 Å². The van der Waals surface area contributed by atoms with E-state index in [1.54, 1.807) is 0 Å². The van der Waals surface area contributed by atoms with Crippen LogP contribution < -0.4 is 153 Å². The molecule has 89 heavy (non-hydrogen) atoms. The molecule has 32 nitrogen and oxygen atoms in total. The quantitative estimate of drug-likeness (QED) is 0.0225. The summed E-state index contributed by atoms with van der Waals surface area (Å²) >= 11 is 0. The van der Waals surface area contributed by atoms with Crippen LogP contribution in [0.25, 0.3) is 44.7 Å². The van der Waals surface area contributed by atoms with Crippen LogP contribution in [0.2, 0.25) is 0 Å². The Kier molecular flexibility index (Phi) is 23.2. The Bertz CT molecular complexity index is 4770. The number of aromatic nitrogens is 16. The number of carbonyl (C=O) groups excluding carboxylic acids is 1. The van der Waals surface area contributed by atoms with Crippen LogP contribution in [0, 0.1) is 0 Å². The first-order chi connectivity index (χ1) is 49.1. The summed E-state index contributed by atoms with van der Waals surface area (Å²) < 4.78 is 198. The molecule has 0 aliphatic carbocycles. The van der Waals surface area contributed by atoms with E-state index in [2.05, 4.69) is 24.8 Å². The van der Waals surface area contributed by atoms with E-state index in [1.165, 1.54) is 28.2 Å². The molecule has 0 fully saturated rings. The molecule has 8 heterocycles. The maximum atomic E-state index is 12.7. The van der Waals surface area contributed by atoms with Gasteiger partial charge in [0.05, 0.1) is 55.1 Å². The Morgan fingerprint density at radius 3 is 0.910 bits per heavy atom. The summed E-state index contributed by atoms with van der Waals surface area (Å²) in [6, 6.07) is 0. The molecule has 0 radical (unpaired) electrons. The van der Waals surface area contributed by atoms with E-state index in [0.717, 1.165) is 83.2 Å². The number of aliphatic hydroxyl groups is 4. The van der Waals surface area contributed by atoms with Crippen molar-refractivity contribution in [3.05, 3.63) is 109 Å². The molecule has 0 aliphatic heterocycles. The molecule has 0 saturated heterocycles. The van der Waals surface area contributed by atoms with Gasteiger partial charge in [0, 0.05) is 110 Å². The third-order valence-electron chi connectivity index (χ3n) is 11.9. The molecule has 0 spiro atoms. The fraction of sp³-hybridized carbons (Fsp3) is 0.618. The van der Waals surface area contributed by atoms with Gasteiger partial charge >= 0.3 is 126 Å². The van der Waals surface area contributed by atoms with Crippen LogP contribution in [0.3, 0.4) is 0 Å². The zero-order valence-corrected chi connectivity index (χ0v) is 55.5. The second kappa shape index (κ2) is 40.9. The van der Waals surface area contributed by atoms with Crippen molar-refractivity contribution in [1.82, 2.24) is 74.7 Å². The zero-order valence-electron chi connectivity index (χ0n) is 75.2. The largest absolute Gasteiger partial charge is 1.00 e. The van der Waals surface area contributed by atoms with Gasteiger partial charge in [0.15, 0.2) is 44.7 Å². The molecule has 8 aromatic heterocycles. The van der Waals surface area contributed by atoms with Gasteiger partial charge in [-0.3, -0.25) is 60.5 Å². The summed E-state index contributed by atoms with van der Waals surface area (Å²) in [6.07, 6.45) is -17.3. The number of fused-ring (bicyclic) bond motifs is 4. The van der Waals surface area contributed by atoms with E-state index in [1.807, 2.05) is 0 Å². The van der Waals surface area contributed by atoms with Crippen molar-refractivity contribution >= 4 is 51.1 Å². The van der Waals surface area contributed by atoms with Gasteiger partial charge in [-0.1, -0.05) is 14.9 Å². The molecule has 2 unspecified atom stereocenters. The molecule has 0 amide bonds. The van der Waals surface area contributed by atoms with E-state index in [-0.39, 0.29) is 248 Å². The first-order valence-corrected chi connectivity index (χ1v) is 24.9. The van der Waals surface area contributed by atoms with Crippen LogP contribution >= 0.6 is 0 Å². The van der Waals surface area contributed by atoms with Crippen molar-refractivity contribution in [3.8, 4) is 0 Å². The van der Waals surface area contributed by atoms with Crippen molar-refractivity contribution in [2.75, 3.05) is 0 Å². The molecule has 0 saturated carbocycles. The minimum absolute atomic E-state index is 0. The fourth-order valence-electron chi connectivity index (χ4n) is 7.84. The van der Waals surface area contributed by atoms with Gasteiger partial charge in [-0.25, -0.2) is 39.1 Å². The molecule has 0 aliphatic rings. The SMILES string of the molecule is C.C.O.O=CO[O-].[2H]C([2H])([2H])n1cnc2c1c(=O)n(CCCC([2H])([2H])C([2H])(C)O)c(=O)n2C.[2H]C([2H])([2H])n1cnc2c1c(=O)n(CCCC([2H])([2H])[C@@]([2H])(C)O)c(=O)n2C.[2H]C([2H])([2H])n1cnc2c1c(=O)n(CCCC([2H])([2H])[C@]([2H])(C)O)c(=O)n2C.[2H]c1nc2c(c(=O)n(CCCC([2H])([2H])C([2H])(C)O)c(=O)n2C)n1C([2H])([2H])[2H].[H-].[K+].[K+]. The average Bonchev–Trinajstić information content (AvgIpc) is 1.61. The van der Waals surface area contributed by atoms with Crippen molar-refractivity contribution in [3.63, 3.8) is 0 Å². The summed E-state index contributed by atoms with van der Waals surface area (Å²) in [4.78, 5) is 127. The molecule has 34 heteroatoms. The van der Waals surface area contributed by atoms with Crippen molar-refractivity contribution in [2.45, 2.75) is 170 Å². The van der Waals surface area contributed by atoms with E-state index in [9.17, 15) is 58.8 Å². The first-order valence-electron chi connectivity index (χ1n) is 37.4. The Balaban J connectivity index is -0.00000141. The molecule has 0 bridgehead atoms. The minimum Gasteiger partial charge on any atom is -1.00 e. The zero-order chi connectivity index (χ0) is 84.6. The Labute approximate surface area is 635 Å². The number of imidazole rings is 4. The van der Waals surface area contributed by atoms with Crippen LogP contribution in [0.15, 0.2) is 63.6 Å². The van der Waals surface area contributed by atoms with Crippen molar-refractivity contribution < 1.29 is 179 Å². The molecule has 0 aromatic carbocycles.